The van der Waals surface area contributed by atoms with Crippen LogP contribution in [0.15, 0.2) is 18.2 Å². The first-order chi connectivity index (χ1) is 11.2. The number of carbonyl (C=O) groups excluding carboxylic acids is 2. The number of carbonyl (C=O) groups is 2. The fraction of sp³-hybridized carbons (Fsp3) is 0.588. The Morgan fingerprint density at radius 1 is 1.25 bits per heavy atom. The molecule has 0 bridgehead atoms. The zero-order valence-electron chi connectivity index (χ0n) is 14.7. The number of amides is 1. The third kappa shape index (κ3) is 4.15. The number of hydrogen-bond acceptors (Lipinski definition) is 6. The van der Waals surface area contributed by atoms with Gasteiger partial charge in [0.1, 0.15) is 5.60 Å². The Hall–Kier alpha value is -2.31. The monoisotopic (exact) mass is 336 g/mol. The number of aromatic nitrogens is 1. The Labute approximate surface area is 141 Å². The maximum atomic E-state index is 12.5. The highest BCUT2D eigenvalue weighted by Gasteiger charge is 2.42. The van der Waals surface area contributed by atoms with Crippen molar-refractivity contribution in [2.24, 2.45) is 5.92 Å². The lowest BCUT2D eigenvalue weighted by atomic mass is 10.0. The molecule has 24 heavy (non-hydrogen) atoms. The van der Waals surface area contributed by atoms with Crippen LogP contribution < -0.4 is 4.74 Å². The molecule has 1 aromatic rings. The Morgan fingerprint density at radius 2 is 1.96 bits per heavy atom. The number of rotatable bonds is 3. The van der Waals surface area contributed by atoms with Crippen LogP contribution in [0, 0.1) is 5.92 Å². The van der Waals surface area contributed by atoms with Crippen molar-refractivity contribution in [3.8, 4) is 5.88 Å². The van der Waals surface area contributed by atoms with Gasteiger partial charge in [0.2, 0.25) is 5.88 Å². The molecule has 1 saturated heterocycles. The highest BCUT2D eigenvalue weighted by atomic mass is 16.6. The summed E-state index contributed by atoms with van der Waals surface area (Å²) in [6, 6.07) is 4.98. The highest BCUT2D eigenvalue weighted by molar-refractivity contribution is 5.76. The average molecular weight is 336 g/mol. The Kier molecular flexibility index (Phi) is 5.31. The minimum absolute atomic E-state index is 0.241. The SMILES string of the molecule is COC(=O)[C@@H]1C[C@H](c2cccc(OC)n2)N(C(=O)OC(C)(C)C)C1. The van der Waals surface area contributed by atoms with Crippen LogP contribution in [0.5, 0.6) is 5.88 Å². The Balaban J connectivity index is 2.29. The number of likely N-dealkylation sites (tertiary alicyclic amines) is 1. The predicted molar refractivity (Wildman–Crippen MR) is 86.6 cm³/mol. The maximum absolute atomic E-state index is 12.5. The molecule has 7 nitrogen and oxygen atoms in total. The summed E-state index contributed by atoms with van der Waals surface area (Å²) in [5, 5.41) is 0. The summed E-state index contributed by atoms with van der Waals surface area (Å²) in [7, 11) is 2.88. The third-order valence-corrected chi connectivity index (χ3v) is 3.76. The number of ether oxygens (including phenoxy) is 3. The summed E-state index contributed by atoms with van der Waals surface area (Å²) in [5.74, 6) is -0.285. The minimum Gasteiger partial charge on any atom is -0.481 e. The van der Waals surface area contributed by atoms with Crippen LogP contribution in [-0.4, -0.2) is 48.3 Å². The lowest BCUT2D eigenvalue weighted by Gasteiger charge is -2.28. The van der Waals surface area contributed by atoms with E-state index in [2.05, 4.69) is 4.98 Å². The summed E-state index contributed by atoms with van der Waals surface area (Å²) in [4.78, 5) is 30.4. The Bertz CT molecular complexity index is 611. The van der Waals surface area contributed by atoms with Gasteiger partial charge >= 0.3 is 12.1 Å². The number of methoxy groups -OCH3 is 2. The van der Waals surface area contributed by atoms with E-state index in [9.17, 15) is 9.59 Å². The van der Waals surface area contributed by atoms with Gasteiger partial charge in [-0.25, -0.2) is 9.78 Å². The van der Waals surface area contributed by atoms with E-state index in [0.29, 0.717) is 18.0 Å². The lowest BCUT2D eigenvalue weighted by molar-refractivity contribution is -0.144. The number of nitrogens with zero attached hydrogens (tertiary/aromatic N) is 2. The molecule has 2 heterocycles. The van der Waals surface area contributed by atoms with Gasteiger partial charge in [0, 0.05) is 12.6 Å². The second-order valence-electron chi connectivity index (χ2n) is 6.71. The molecule has 0 radical (unpaired) electrons. The molecule has 1 aromatic heterocycles. The molecule has 0 aliphatic carbocycles. The molecule has 132 valence electrons. The molecule has 2 atom stereocenters. The summed E-state index contributed by atoms with van der Waals surface area (Å²) in [6.07, 6.45) is -0.0324. The van der Waals surface area contributed by atoms with E-state index in [-0.39, 0.29) is 18.6 Å². The van der Waals surface area contributed by atoms with Crippen LogP contribution in [0.1, 0.15) is 38.9 Å². The van der Waals surface area contributed by atoms with Crippen LogP contribution >= 0.6 is 0 Å². The second-order valence-corrected chi connectivity index (χ2v) is 6.71. The van der Waals surface area contributed by atoms with Crippen LogP contribution in [0.4, 0.5) is 4.79 Å². The molecule has 1 aliphatic rings. The van der Waals surface area contributed by atoms with Gasteiger partial charge in [-0.05, 0) is 33.3 Å². The number of hydrogen-bond donors (Lipinski definition) is 0. The van der Waals surface area contributed by atoms with Crippen LogP contribution in [0.25, 0.3) is 0 Å². The topological polar surface area (TPSA) is 78.0 Å². The lowest BCUT2D eigenvalue weighted by Crippen LogP contribution is -2.37. The minimum atomic E-state index is -0.618. The van der Waals surface area contributed by atoms with E-state index in [1.807, 2.05) is 6.07 Å². The molecule has 1 aliphatic heterocycles. The smallest absolute Gasteiger partial charge is 0.410 e. The number of pyridine rings is 1. The van der Waals surface area contributed by atoms with Crippen molar-refractivity contribution in [2.45, 2.75) is 38.8 Å². The van der Waals surface area contributed by atoms with Crippen LogP contribution in [-0.2, 0) is 14.3 Å². The molecular formula is C17H24N2O5. The van der Waals surface area contributed by atoms with Crippen molar-refractivity contribution in [2.75, 3.05) is 20.8 Å². The van der Waals surface area contributed by atoms with E-state index in [0.717, 1.165) is 0 Å². The molecule has 1 amide bonds. The molecule has 0 saturated carbocycles. The molecule has 0 unspecified atom stereocenters. The molecule has 0 spiro atoms. The Morgan fingerprint density at radius 3 is 2.54 bits per heavy atom. The van der Waals surface area contributed by atoms with Crippen molar-refractivity contribution < 1.29 is 23.8 Å². The van der Waals surface area contributed by atoms with Crippen molar-refractivity contribution in [1.82, 2.24) is 9.88 Å². The van der Waals surface area contributed by atoms with Gasteiger partial charge in [0.05, 0.1) is 31.9 Å². The first-order valence-electron chi connectivity index (χ1n) is 7.83. The van der Waals surface area contributed by atoms with Crippen LogP contribution in [0.3, 0.4) is 0 Å². The van der Waals surface area contributed by atoms with Crippen molar-refractivity contribution in [3.63, 3.8) is 0 Å². The van der Waals surface area contributed by atoms with E-state index in [1.165, 1.54) is 19.1 Å². The molecular weight excluding hydrogens is 312 g/mol. The third-order valence-electron chi connectivity index (χ3n) is 3.76. The second kappa shape index (κ2) is 7.07. The van der Waals surface area contributed by atoms with E-state index >= 15 is 0 Å². The zero-order valence-corrected chi connectivity index (χ0v) is 14.7. The quantitative estimate of drug-likeness (QED) is 0.790. The normalized spacial score (nSPS) is 20.6. The van der Waals surface area contributed by atoms with E-state index in [4.69, 9.17) is 14.2 Å². The van der Waals surface area contributed by atoms with Gasteiger partial charge in [-0.15, -0.1) is 0 Å². The van der Waals surface area contributed by atoms with Crippen molar-refractivity contribution in [1.29, 1.82) is 0 Å². The fourth-order valence-electron chi connectivity index (χ4n) is 2.71. The fourth-order valence-corrected chi connectivity index (χ4v) is 2.71. The van der Waals surface area contributed by atoms with Crippen molar-refractivity contribution >= 4 is 12.1 Å². The largest absolute Gasteiger partial charge is 0.481 e. The standard InChI is InChI=1S/C17H24N2O5/c1-17(2,3)24-16(21)19-10-11(15(20)23-5)9-13(19)12-7-6-8-14(18-12)22-4/h6-8,11,13H,9-10H2,1-5H3/t11-,13-/m1/s1. The van der Waals surface area contributed by atoms with E-state index < -0.39 is 17.6 Å². The van der Waals surface area contributed by atoms with Gasteiger partial charge in [-0.2, -0.15) is 0 Å². The number of esters is 1. The molecule has 0 N–H and O–H groups in total. The maximum Gasteiger partial charge on any atom is 0.410 e. The van der Waals surface area contributed by atoms with Crippen molar-refractivity contribution in [3.05, 3.63) is 23.9 Å². The first kappa shape index (κ1) is 18.0. The highest BCUT2D eigenvalue weighted by Crippen LogP contribution is 2.36. The molecule has 1 fully saturated rings. The summed E-state index contributed by atoms with van der Waals surface area (Å²) in [5.41, 5.74) is 0.0406. The van der Waals surface area contributed by atoms with Gasteiger partial charge in [0.15, 0.2) is 0 Å². The van der Waals surface area contributed by atoms with Gasteiger partial charge in [0.25, 0.3) is 0 Å². The van der Waals surface area contributed by atoms with E-state index in [1.54, 1.807) is 32.9 Å². The van der Waals surface area contributed by atoms with Gasteiger partial charge in [-0.1, -0.05) is 6.07 Å². The predicted octanol–water partition coefficient (Wildman–Crippen LogP) is 2.56. The average Bonchev–Trinajstić information content (AvgIpc) is 2.98. The zero-order chi connectivity index (χ0) is 17.9. The molecule has 7 heteroatoms. The summed E-state index contributed by atoms with van der Waals surface area (Å²) >= 11 is 0. The summed E-state index contributed by atoms with van der Waals surface area (Å²) < 4.78 is 15.4. The van der Waals surface area contributed by atoms with Gasteiger partial charge < -0.3 is 14.2 Å². The van der Waals surface area contributed by atoms with Crippen LogP contribution in [0.2, 0.25) is 0 Å². The first-order valence-corrected chi connectivity index (χ1v) is 7.83. The molecule has 2 rings (SSSR count). The summed E-state index contributed by atoms with van der Waals surface area (Å²) in [6.45, 7) is 5.65. The molecule has 0 aromatic carbocycles. The van der Waals surface area contributed by atoms with Gasteiger partial charge in [-0.3, -0.25) is 9.69 Å².